The number of fused-ring (bicyclic) bond motifs is 3. The van der Waals surface area contributed by atoms with E-state index in [1.54, 1.807) is 15.7 Å². The number of nitrogens with zero attached hydrogens (tertiary/aromatic N) is 7. The minimum Gasteiger partial charge on any atom is -0.383 e. The molecule has 3 atom stereocenters. The average molecular weight is 582 g/mol. The number of nitriles is 1. The Kier molecular flexibility index (Phi) is 6.34. The first-order valence-corrected chi connectivity index (χ1v) is 13.9. The third kappa shape index (κ3) is 4.74. The van der Waals surface area contributed by atoms with Gasteiger partial charge in [-0.15, -0.1) is 0 Å². The number of nitrogens with two attached hydrogens (primary N) is 1. The van der Waals surface area contributed by atoms with Crippen LogP contribution < -0.4 is 11.1 Å². The van der Waals surface area contributed by atoms with E-state index in [9.17, 15) is 19.2 Å². The molecular weight excluding hydrogens is 556 g/mol. The van der Waals surface area contributed by atoms with Gasteiger partial charge in [0, 0.05) is 29.9 Å². The Balaban J connectivity index is 1.22. The Morgan fingerprint density at radius 2 is 1.91 bits per heavy atom. The SMILES string of the molecule is N#C/C(=C\C1CC1)C(=O)N1C[C@H]2CC(n3nc(-c4ccc(C(=O)Nc5cc(F)ccn5)cc4F)c4c(N)ncnc43)[C@H]1C2. The summed E-state index contributed by atoms with van der Waals surface area (Å²) in [7, 11) is 0. The largest absolute Gasteiger partial charge is 0.383 e. The van der Waals surface area contributed by atoms with Gasteiger partial charge in [-0.25, -0.2) is 28.4 Å². The molecule has 2 bridgehead atoms. The number of carbonyl (C=O) groups is 2. The number of benzene rings is 1. The van der Waals surface area contributed by atoms with Crippen LogP contribution in [0.25, 0.3) is 22.3 Å². The van der Waals surface area contributed by atoms with Crippen LogP contribution in [-0.2, 0) is 4.79 Å². The molecule has 2 amide bonds. The lowest BCUT2D eigenvalue weighted by molar-refractivity contribution is -0.129. The topological polar surface area (TPSA) is 156 Å². The van der Waals surface area contributed by atoms with Gasteiger partial charge in [-0.05, 0) is 61.8 Å². The highest BCUT2D eigenvalue weighted by Crippen LogP contribution is 2.47. The first kappa shape index (κ1) is 26.6. The Hall–Kier alpha value is -5.25. The summed E-state index contributed by atoms with van der Waals surface area (Å²) in [6.07, 6.45) is 7.77. The van der Waals surface area contributed by atoms with E-state index in [4.69, 9.17) is 10.8 Å². The Morgan fingerprint density at radius 3 is 2.63 bits per heavy atom. The summed E-state index contributed by atoms with van der Waals surface area (Å²) in [6.45, 7) is 0.566. The zero-order valence-corrected chi connectivity index (χ0v) is 22.7. The lowest BCUT2D eigenvalue weighted by atomic mass is 10.0. The van der Waals surface area contributed by atoms with Gasteiger partial charge >= 0.3 is 0 Å². The number of hydrogen-bond acceptors (Lipinski definition) is 8. The minimum atomic E-state index is -0.733. The fourth-order valence-electron chi connectivity index (χ4n) is 6.22. The standard InChI is InChI=1S/C30H25F2N9O2/c31-19-5-6-35-24(11-19)38-29(42)17-3-4-20(21(32)10-17)26-25-27(34)36-14-37-28(25)41(39-26)23-9-16-8-22(23)40(13-16)30(43)18(12-33)7-15-1-2-15/h3-7,10-11,14-16,22-23H,1-2,8-9,13H2,(H2,34,36,37)(H,35,38,42)/b18-7+/t16-,22-,23?/m1/s1. The monoisotopic (exact) mass is 581 g/mol. The number of hydrogen-bond donors (Lipinski definition) is 2. The smallest absolute Gasteiger partial charge is 0.264 e. The fraction of sp³-hybridized carbons (Fsp3) is 0.300. The van der Waals surface area contributed by atoms with E-state index >= 15 is 4.39 Å². The molecule has 3 aromatic heterocycles. The maximum atomic E-state index is 15.6. The number of likely N-dealkylation sites (tertiary alicyclic amines) is 1. The molecule has 2 aliphatic carbocycles. The van der Waals surface area contributed by atoms with Gasteiger partial charge in [-0.3, -0.25) is 9.59 Å². The molecule has 0 radical (unpaired) electrons. The third-order valence-electron chi connectivity index (χ3n) is 8.37. The van der Waals surface area contributed by atoms with Crippen molar-refractivity contribution >= 4 is 34.5 Å². The summed E-state index contributed by atoms with van der Waals surface area (Å²) in [4.78, 5) is 40.3. The van der Waals surface area contributed by atoms with Gasteiger partial charge in [0.1, 0.15) is 46.9 Å². The number of carbonyl (C=O) groups excluding carboxylic acids is 2. The Labute approximate surface area is 244 Å². The number of halogens is 2. The van der Waals surface area contributed by atoms with Crippen LogP contribution in [0.2, 0.25) is 0 Å². The van der Waals surface area contributed by atoms with Crippen molar-refractivity contribution in [1.29, 1.82) is 5.26 Å². The van der Waals surface area contributed by atoms with Crippen LogP contribution in [0.4, 0.5) is 20.4 Å². The van der Waals surface area contributed by atoms with Crippen molar-refractivity contribution in [3.63, 3.8) is 0 Å². The molecule has 1 aromatic carbocycles. The highest BCUT2D eigenvalue weighted by atomic mass is 19.1. The predicted molar refractivity (Wildman–Crippen MR) is 151 cm³/mol. The van der Waals surface area contributed by atoms with Crippen LogP contribution in [-0.4, -0.2) is 54.0 Å². The van der Waals surface area contributed by atoms with Crippen molar-refractivity contribution in [2.75, 3.05) is 17.6 Å². The molecule has 1 saturated heterocycles. The van der Waals surface area contributed by atoms with Crippen LogP contribution in [0.3, 0.4) is 0 Å². The average Bonchev–Trinajstić information content (AvgIpc) is 3.39. The molecule has 4 heterocycles. The van der Waals surface area contributed by atoms with Crippen LogP contribution >= 0.6 is 0 Å². The van der Waals surface area contributed by atoms with Crippen molar-refractivity contribution in [2.45, 2.75) is 37.8 Å². The van der Waals surface area contributed by atoms with Crippen LogP contribution in [0.15, 0.2) is 54.5 Å². The van der Waals surface area contributed by atoms with E-state index in [0.29, 0.717) is 17.6 Å². The first-order valence-electron chi connectivity index (χ1n) is 13.9. The molecule has 43 heavy (non-hydrogen) atoms. The van der Waals surface area contributed by atoms with Crippen molar-refractivity contribution in [1.82, 2.24) is 29.6 Å². The summed E-state index contributed by atoms with van der Waals surface area (Å²) >= 11 is 0. The van der Waals surface area contributed by atoms with E-state index in [2.05, 4.69) is 26.3 Å². The maximum Gasteiger partial charge on any atom is 0.264 e. The third-order valence-corrected chi connectivity index (χ3v) is 8.37. The number of piperidine rings is 1. The molecule has 3 aliphatic rings. The fourth-order valence-corrected chi connectivity index (χ4v) is 6.22. The molecule has 1 unspecified atom stereocenters. The van der Waals surface area contributed by atoms with Crippen molar-refractivity contribution in [3.05, 3.63) is 71.7 Å². The Bertz CT molecular complexity index is 1880. The molecule has 0 spiro atoms. The van der Waals surface area contributed by atoms with E-state index < -0.39 is 17.5 Å². The molecule has 3 N–H and O–H groups in total. The normalized spacial score (nSPS) is 21.3. The summed E-state index contributed by atoms with van der Waals surface area (Å²) in [5.41, 5.74) is 7.12. The summed E-state index contributed by atoms with van der Waals surface area (Å²) in [5.74, 6) is -1.62. The van der Waals surface area contributed by atoms with Crippen molar-refractivity contribution in [3.8, 4) is 17.3 Å². The number of aromatic nitrogens is 5. The highest BCUT2D eigenvalue weighted by molar-refractivity contribution is 6.04. The van der Waals surface area contributed by atoms with E-state index in [0.717, 1.165) is 43.9 Å². The zero-order chi connectivity index (χ0) is 29.8. The number of anilines is 2. The lowest BCUT2D eigenvalue weighted by Gasteiger charge is -2.33. The van der Waals surface area contributed by atoms with Gasteiger partial charge in [0.25, 0.3) is 11.8 Å². The predicted octanol–water partition coefficient (Wildman–Crippen LogP) is 4.02. The van der Waals surface area contributed by atoms with Crippen LogP contribution in [0.5, 0.6) is 0 Å². The number of allylic oxidation sites excluding steroid dienone is 1. The molecule has 216 valence electrons. The van der Waals surface area contributed by atoms with E-state index in [1.807, 2.05) is 0 Å². The zero-order valence-electron chi connectivity index (χ0n) is 22.7. The van der Waals surface area contributed by atoms with E-state index in [-0.39, 0.29) is 63.9 Å². The number of amides is 2. The second kappa shape index (κ2) is 10.2. The molecule has 1 aliphatic heterocycles. The highest BCUT2D eigenvalue weighted by Gasteiger charge is 2.49. The molecule has 4 aromatic rings. The summed E-state index contributed by atoms with van der Waals surface area (Å²) < 4.78 is 30.8. The van der Waals surface area contributed by atoms with Crippen LogP contribution in [0, 0.1) is 34.8 Å². The number of rotatable bonds is 6. The number of pyridine rings is 1. The molecule has 3 fully saturated rings. The molecular formula is C30H25F2N9O2. The van der Waals surface area contributed by atoms with Gasteiger partial charge in [0.15, 0.2) is 5.65 Å². The van der Waals surface area contributed by atoms with E-state index in [1.165, 1.54) is 24.7 Å². The lowest BCUT2D eigenvalue weighted by Crippen LogP contribution is -2.43. The van der Waals surface area contributed by atoms with Gasteiger partial charge < -0.3 is 16.0 Å². The number of nitrogens with one attached hydrogen (secondary N) is 1. The van der Waals surface area contributed by atoms with Gasteiger partial charge in [-0.1, -0.05) is 6.08 Å². The maximum absolute atomic E-state index is 15.6. The summed E-state index contributed by atoms with van der Waals surface area (Å²) in [6, 6.07) is 7.70. The molecule has 11 nitrogen and oxygen atoms in total. The van der Waals surface area contributed by atoms with Gasteiger partial charge in [0.05, 0.1) is 17.5 Å². The van der Waals surface area contributed by atoms with Gasteiger partial charge in [0.2, 0.25) is 0 Å². The quantitative estimate of drug-likeness (QED) is 0.255. The molecule has 13 heteroatoms. The molecule has 7 rings (SSSR count). The van der Waals surface area contributed by atoms with Gasteiger partial charge in [-0.2, -0.15) is 10.4 Å². The second-order valence-electron chi connectivity index (χ2n) is 11.2. The molecule has 2 saturated carbocycles. The number of nitrogen functional groups attached to an aromatic ring is 1. The Morgan fingerprint density at radius 1 is 1.09 bits per heavy atom. The van der Waals surface area contributed by atoms with Crippen LogP contribution in [0.1, 0.15) is 42.1 Å². The summed E-state index contributed by atoms with van der Waals surface area (Å²) in [5, 5.41) is 17.2. The van der Waals surface area contributed by atoms with Crippen molar-refractivity contribution in [2.24, 2.45) is 11.8 Å². The first-order chi connectivity index (χ1) is 20.8. The van der Waals surface area contributed by atoms with Crippen molar-refractivity contribution < 1.29 is 18.4 Å². The minimum absolute atomic E-state index is 0.00456. The second-order valence-corrected chi connectivity index (χ2v) is 11.2.